The molecule has 0 atom stereocenters. The van der Waals surface area contributed by atoms with Crippen molar-refractivity contribution in [3.63, 3.8) is 0 Å². The third-order valence-corrected chi connectivity index (χ3v) is 4.38. The van der Waals surface area contributed by atoms with Gasteiger partial charge in [-0.25, -0.2) is 4.98 Å². The summed E-state index contributed by atoms with van der Waals surface area (Å²) in [5, 5.41) is 4.67. The SMILES string of the molecule is Cc1cccc(OCCc2ncc(CNC3CC3)s2)c1. The summed E-state index contributed by atoms with van der Waals surface area (Å²) in [6, 6.07) is 8.92. The van der Waals surface area contributed by atoms with E-state index in [2.05, 4.69) is 29.4 Å². The predicted octanol–water partition coefficient (Wildman–Crippen LogP) is 3.33. The molecule has 0 saturated heterocycles. The molecular formula is C16H20N2OS. The minimum absolute atomic E-state index is 0.687. The van der Waals surface area contributed by atoms with Crippen molar-refractivity contribution < 1.29 is 4.74 Å². The number of rotatable bonds is 7. The van der Waals surface area contributed by atoms with Crippen LogP contribution in [0, 0.1) is 6.92 Å². The number of hydrogen-bond donors (Lipinski definition) is 1. The van der Waals surface area contributed by atoms with Crippen LogP contribution < -0.4 is 10.1 Å². The Bertz CT molecular complexity index is 563. The molecule has 2 aromatic rings. The molecule has 1 heterocycles. The summed E-state index contributed by atoms with van der Waals surface area (Å²) in [6.45, 7) is 3.72. The molecule has 0 spiro atoms. The highest BCUT2D eigenvalue weighted by atomic mass is 32.1. The van der Waals surface area contributed by atoms with E-state index in [1.165, 1.54) is 23.3 Å². The Hall–Kier alpha value is -1.39. The van der Waals surface area contributed by atoms with Gasteiger partial charge in [0.2, 0.25) is 0 Å². The van der Waals surface area contributed by atoms with Gasteiger partial charge in [0.05, 0.1) is 11.6 Å². The summed E-state index contributed by atoms with van der Waals surface area (Å²) in [4.78, 5) is 5.78. The number of benzene rings is 1. The van der Waals surface area contributed by atoms with E-state index < -0.39 is 0 Å². The van der Waals surface area contributed by atoms with Crippen LogP contribution in [-0.2, 0) is 13.0 Å². The van der Waals surface area contributed by atoms with Crippen LogP contribution >= 0.6 is 11.3 Å². The van der Waals surface area contributed by atoms with Gasteiger partial charge in [0, 0.05) is 30.1 Å². The van der Waals surface area contributed by atoms with E-state index in [-0.39, 0.29) is 0 Å². The average molecular weight is 288 g/mol. The molecule has 0 bridgehead atoms. The van der Waals surface area contributed by atoms with Crippen LogP contribution in [0.5, 0.6) is 5.75 Å². The van der Waals surface area contributed by atoms with E-state index in [1.54, 1.807) is 11.3 Å². The number of thiazole rings is 1. The summed E-state index contributed by atoms with van der Waals surface area (Å²) < 4.78 is 5.76. The summed E-state index contributed by atoms with van der Waals surface area (Å²) >= 11 is 1.79. The zero-order valence-corrected chi connectivity index (χ0v) is 12.6. The van der Waals surface area contributed by atoms with Gasteiger partial charge in [0.25, 0.3) is 0 Å². The molecule has 0 amide bonds. The van der Waals surface area contributed by atoms with Crippen LogP contribution in [-0.4, -0.2) is 17.6 Å². The van der Waals surface area contributed by atoms with Crippen molar-refractivity contribution in [2.24, 2.45) is 0 Å². The van der Waals surface area contributed by atoms with Gasteiger partial charge in [-0.05, 0) is 37.5 Å². The lowest BCUT2D eigenvalue weighted by molar-refractivity contribution is 0.321. The molecule has 0 unspecified atom stereocenters. The monoisotopic (exact) mass is 288 g/mol. The van der Waals surface area contributed by atoms with Gasteiger partial charge in [-0.3, -0.25) is 0 Å². The molecule has 1 aromatic heterocycles. The second kappa shape index (κ2) is 6.37. The molecular weight excluding hydrogens is 268 g/mol. The van der Waals surface area contributed by atoms with Crippen LogP contribution in [0.1, 0.15) is 28.3 Å². The van der Waals surface area contributed by atoms with Crippen molar-refractivity contribution in [3.8, 4) is 5.75 Å². The van der Waals surface area contributed by atoms with Gasteiger partial charge in [-0.1, -0.05) is 12.1 Å². The highest BCUT2D eigenvalue weighted by Crippen LogP contribution is 2.21. The number of aromatic nitrogens is 1. The lowest BCUT2D eigenvalue weighted by Crippen LogP contribution is -2.14. The van der Waals surface area contributed by atoms with Gasteiger partial charge >= 0.3 is 0 Å². The predicted molar refractivity (Wildman–Crippen MR) is 82.4 cm³/mol. The fraction of sp³-hybridized carbons (Fsp3) is 0.438. The van der Waals surface area contributed by atoms with E-state index >= 15 is 0 Å². The van der Waals surface area contributed by atoms with E-state index in [9.17, 15) is 0 Å². The van der Waals surface area contributed by atoms with Crippen LogP contribution in [0.25, 0.3) is 0 Å². The van der Waals surface area contributed by atoms with Crippen LogP contribution in [0.15, 0.2) is 30.5 Å². The number of nitrogens with zero attached hydrogens (tertiary/aromatic N) is 1. The summed E-state index contributed by atoms with van der Waals surface area (Å²) in [5.41, 5.74) is 1.23. The van der Waals surface area contributed by atoms with Crippen molar-refractivity contribution in [3.05, 3.63) is 45.9 Å². The number of ether oxygens (including phenoxy) is 1. The minimum atomic E-state index is 0.687. The number of hydrogen-bond acceptors (Lipinski definition) is 4. The van der Waals surface area contributed by atoms with Gasteiger partial charge in [-0.15, -0.1) is 11.3 Å². The Labute approximate surface area is 124 Å². The zero-order chi connectivity index (χ0) is 13.8. The maximum absolute atomic E-state index is 5.76. The smallest absolute Gasteiger partial charge is 0.119 e. The van der Waals surface area contributed by atoms with E-state index in [0.29, 0.717) is 6.61 Å². The molecule has 1 fully saturated rings. The highest BCUT2D eigenvalue weighted by Gasteiger charge is 2.20. The van der Waals surface area contributed by atoms with E-state index in [4.69, 9.17) is 4.74 Å². The average Bonchev–Trinajstić information content (AvgIpc) is 3.16. The van der Waals surface area contributed by atoms with E-state index in [1.807, 2.05) is 18.3 Å². The molecule has 4 heteroatoms. The first kappa shape index (κ1) is 13.6. The molecule has 3 nitrogen and oxygen atoms in total. The summed E-state index contributed by atoms with van der Waals surface area (Å²) in [6.07, 6.45) is 5.52. The summed E-state index contributed by atoms with van der Waals surface area (Å²) in [5.74, 6) is 0.942. The second-order valence-corrected chi connectivity index (χ2v) is 6.49. The molecule has 106 valence electrons. The van der Waals surface area contributed by atoms with Crippen molar-refractivity contribution in [2.45, 2.75) is 38.8 Å². The second-order valence-electron chi connectivity index (χ2n) is 5.29. The normalized spacial score (nSPS) is 14.4. The van der Waals surface area contributed by atoms with Gasteiger partial charge in [0.15, 0.2) is 0 Å². The van der Waals surface area contributed by atoms with Crippen LogP contribution in [0.2, 0.25) is 0 Å². The topological polar surface area (TPSA) is 34.1 Å². The fourth-order valence-corrected chi connectivity index (χ4v) is 2.89. The maximum atomic E-state index is 5.76. The molecule has 1 saturated carbocycles. The molecule has 0 radical (unpaired) electrons. The first-order valence-electron chi connectivity index (χ1n) is 7.16. The summed E-state index contributed by atoms with van der Waals surface area (Å²) in [7, 11) is 0. The van der Waals surface area contributed by atoms with Crippen molar-refractivity contribution in [2.75, 3.05) is 6.61 Å². The fourth-order valence-electron chi connectivity index (χ4n) is 2.04. The third-order valence-electron chi connectivity index (χ3n) is 3.32. The first-order valence-corrected chi connectivity index (χ1v) is 7.98. The van der Waals surface area contributed by atoms with Crippen LogP contribution in [0.3, 0.4) is 0 Å². The van der Waals surface area contributed by atoms with Crippen molar-refractivity contribution >= 4 is 11.3 Å². The highest BCUT2D eigenvalue weighted by molar-refractivity contribution is 7.11. The first-order chi connectivity index (χ1) is 9.79. The molecule has 1 N–H and O–H groups in total. The third kappa shape index (κ3) is 4.05. The molecule has 3 rings (SSSR count). The Morgan fingerprint density at radius 1 is 1.40 bits per heavy atom. The van der Waals surface area contributed by atoms with Gasteiger partial charge in [-0.2, -0.15) is 0 Å². The van der Waals surface area contributed by atoms with Crippen LogP contribution in [0.4, 0.5) is 0 Å². The molecule has 20 heavy (non-hydrogen) atoms. The van der Waals surface area contributed by atoms with Gasteiger partial charge in [0.1, 0.15) is 5.75 Å². The van der Waals surface area contributed by atoms with E-state index in [0.717, 1.165) is 29.8 Å². The standard InChI is InChI=1S/C16H20N2OS/c1-12-3-2-4-14(9-12)19-8-7-16-18-11-15(20-16)10-17-13-5-6-13/h2-4,9,11,13,17H,5-8,10H2,1H3. The Morgan fingerprint density at radius 2 is 2.30 bits per heavy atom. The maximum Gasteiger partial charge on any atom is 0.119 e. The molecule has 0 aliphatic heterocycles. The Kier molecular flexibility index (Phi) is 4.33. The lowest BCUT2D eigenvalue weighted by Gasteiger charge is -2.05. The van der Waals surface area contributed by atoms with Gasteiger partial charge < -0.3 is 10.1 Å². The zero-order valence-electron chi connectivity index (χ0n) is 11.8. The minimum Gasteiger partial charge on any atom is -0.493 e. The largest absolute Gasteiger partial charge is 0.493 e. The number of nitrogens with one attached hydrogen (secondary N) is 1. The Balaban J connectivity index is 1.43. The number of aryl methyl sites for hydroxylation is 1. The van der Waals surface area contributed by atoms with Crippen molar-refractivity contribution in [1.82, 2.24) is 10.3 Å². The molecule has 1 aromatic carbocycles. The Morgan fingerprint density at radius 3 is 3.10 bits per heavy atom. The van der Waals surface area contributed by atoms with Crippen molar-refractivity contribution in [1.29, 1.82) is 0 Å². The molecule has 1 aliphatic carbocycles. The molecule has 1 aliphatic rings. The quantitative estimate of drug-likeness (QED) is 0.848. The lowest BCUT2D eigenvalue weighted by atomic mass is 10.2.